The summed E-state index contributed by atoms with van der Waals surface area (Å²) in [4.78, 5) is 30.2. The van der Waals surface area contributed by atoms with Crippen molar-refractivity contribution in [3.8, 4) is 5.82 Å². The Morgan fingerprint density at radius 3 is 2.77 bits per heavy atom. The number of pyridine rings is 1. The number of hydrogen-bond acceptors (Lipinski definition) is 7. The van der Waals surface area contributed by atoms with Crippen LogP contribution in [0.1, 0.15) is 23.2 Å². The molecule has 4 aromatic heterocycles. The summed E-state index contributed by atoms with van der Waals surface area (Å²) < 4.78 is 4.68. The average Bonchev–Trinajstić information content (AvgIpc) is 3.30. The highest BCUT2D eigenvalue weighted by Crippen LogP contribution is 2.23. The number of rotatable bonds is 6. The molecule has 0 unspecified atom stereocenters. The van der Waals surface area contributed by atoms with E-state index in [1.54, 1.807) is 60.0 Å². The molecule has 5 rings (SSSR count). The van der Waals surface area contributed by atoms with E-state index in [0.29, 0.717) is 34.4 Å². The van der Waals surface area contributed by atoms with E-state index in [-0.39, 0.29) is 17.5 Å². The molecule has 11 heteroatoms. The smallest absolute Gasteiger partial charge is 0.279 e. The van der Waals surface area contributed by atoms with Crippen molar-refractivity contribution in [3.63, 3.8) is 0 Å². The van der Waals surface area contributed by atoms with Gasteiger partial charge in [-0.05, 0) is 25.0 Å². The number of amides is 1. The van der Waals surface area contributed by atoms with Crippen molar-refractivity contribution < 1.29 is 4.79 Å². The predicted molar refractivity (Wildman–Crippen MR) is 115 cm³/mol. The van der Waals surface area contributed by atoms with Gasteiger partial charge in [-0.15, -0.1) is 0 Å². The van der Waals surface area contributed by atoms with E-state index in [4.69, 9.17) is 0 Å². The lowest BCUT2D eigenvalue weighted by Crippen LogP contribution is -2.25. The number of carbonyl (C=O) groups is 1. The van der Waals surface area contributed by atoms with Gasteiger partial charge in [0.15, 0.2) is 5.65 Å². The molecule has 0 spiro atoms. The number of carbonyl (C=O) groups excluding carboxylic acids is 1. The minimum Gasteiger partial charge on any atom is -0.373 e. The van der Waals surface area contributed by atoms with Gasteiger partial charge in [-0.1, -0.05) is 0 Å². The molecule has 0 radical (unpaired) electrons. The first kappa shape index (κ1) is 18.9. The van der Waals surface area contributed by atoms with Gasteiger partial charge in [0.2, 0.25) is 0 Å². The van der Waals surface area contributed by atoms with Gasteiger partial charge < -0.3 is 16.0 Å². The molecular formula is C20H21N9O2. The monoisotopic (exact) mass is 419 g/mol. The van der Waals surface area contributed by atoms with Gasteiger partial charge in [-0.2, -0.15) is 14.7 Å². The molecule has 11 nitrogen and oxygen atoms in total. The molecule has 31 heavy (non-hydrogen) atoms. The van der Waals surface area contributed by atoms with Crippen molar-refractivity contribution in [2.45, 2.75) is 18.9 Å². The average molecular weight is 419 g/mol. The van der Waals surface area contributed by atoms with E-state index in [0.717, 1.165) is 12.8 Å². The summed E-state index contributed by atoms with van der Waals surface area (Å²) in [6.45, 7) is 0. The minimum absolute atomic E-state index is 0.206. The zero-order valence-electron chi connectivity index (χ0n) is 17.0. The van der Waals surface area contributed by atoms with E-state index in [1.807, 2.05) is 0 Å². The summed E-state index contributed by atoms with van der Waals surface area (Å²) in [6.07, 6.45) is 6.79. The Bertz CT molecular complexity index is 1350. The van der Waals surface area contributed by atoms with Crippen LogP contribution >= 0.6 is 0 Å². The van der Waals surface area contributed by atoms with Gasteiger partial charge in [-0.3, -0.25) is 18.8 Å². The fourth-order valence-electron chi connectivity index (χ4n) is 3.37. The van der Waals surface area contributed by atoms with Crippen LogP contribution in [0.5, 0.6) is 0 Å². The zero-order chi connectivity index (χ0) is 21.5. The topological polar surface area (TPSA) is 123 Å². The number of hydrogen-bond donors (Lipinski definition) is 3. The lowest BCUT2D eigenvalue weighted by Gasteiger charge is -2.12. The van der Waals surface area contributed by atoms with Crippen molar-refractivity contribution in [1.29, 1.82) is 0 Å². The number of aryl methyl sites for hydroxylation is 1. The maximum atomic E-state index is 13.0. The Hall–Kier alpha value is -4.15. The second kappa shape index (κ2) is 7.27. The second-order valence-corrected chi connectivity index (χ2v) is 7.35. The van der Waals surface area contributed by atoms with Crippen LogP contribution in [0.4, 0.5) is 17.3 Å². The van der Waals surface area contributed by atoms with E-state index >= 15 is 0 Å². The number of nitrogens with zero attached hydrogens (tertiary/aromatic N) is 6. The molecule has 1 aliphatic carbocycles. The van der Waals surface area contributed by atoms with Crippen molar-refractivity contribution in [2.75, 3.05) is 17.7 Å². The largest absolute Gasteiger partial charge is 0.373 e. The van der Waals surface area contributed by atoms with Crippen LogP contribution in [0.25, 0.3) is 11.5 Å². The van der Waals surface area contributed by atoms with E-state index in [2.05, 4.69) is 31.1 Å². The minimum atomic E-state index is -0.251. The van der Waals surface area contributed by atoms with Gasteiger partial charge in [0.1, 0.15) is 28.7 Å². The number of anilines is 3. The van der Waals surface area contributed by atoms with Crippen LogP contribution in [0, 0.1) is 0 Å². The Morgan fingerprint density at radius 2 is 2.06 bits per heavy atom. The van der Waals surface area contributed by atoms with Crippen LogP contribution in [0.3, 0.4) is 0 Å². The second-order valence-electron chi connectivity index (χ2n) is 7.35. The summed E-state index contributed by atoms with van der Waals surface area (Å²) >= 11 is 0. The van der Waals surface area contributed by atoms with Crippen molar-refractivity contribution >= 4 is 28.9 Å². The molecule has 158 valence electrons. The van der Waals surface area contributed by atoms with Crippen LogP contribution in [0.15, 0.2) is 47.7 Å². The lowest BCUT2D eigenvalue weighted by atomic mass is 10.3. The van der Waals surface area contributed by atoms with Crippen molar-refractivity contribution in [1.82, 2.24) is 34.3 Å². The maximum Gasteiger partial charge on any atom is 0.279 e. The number of fused-ring (bicyclic) bond motifs is 1. The summed E-state index contributed by atoms with van der Waals surface area (Å²) in [5, 5.41) is 17.5. The molecule has 4 heterocycles. The van der Waals surface area contributed by atoms with Crippen LogP contribution in [-0.2, 0) is 7.05 Å². The van der Waals surface area contributed by atoms with E-state index < -0.39 is 0 Å². The lowest BCUT2D eigenvalue weighted by molar-refractivity contribution is 0.0952. The Morgan fingerprint density at radius 1 is 1.23 bits per heavy atom. The van der Waals surface area contributed by atoms with E-state index in [9.17, 15) is 9.59 Å². The van der Waals surface area contributed by atoms with E-state index in [1.165, 1.54) is 10.8 Å². The normalized spacial score (nSPS) is 13.4. The molecule has 1 amide bonds. The fraction of sp³-hybridized carbons (Fsp3) is 0.250. The summed E-state index contributed by atoms with van der Waals surface area (Å²) in [5.41, 5.74) is 0.868. The van der Waals surface area contributed by atoms with Crippen molar-refractivity contribution in [3.05, 3.63) is 58.8 Å². The third-order valence-corrected chi connectivity index (χ3v) is 5.14. The molecule has 0 saturated heterocycles. The fourth-order valence-corrected chi connectivity index (χ4v) is 3.37. The molecule has 4 aromatic rings. The molecule has 1 fully saturated rings. The quantitative estimate of drug-likeness (QED) is 0.430. The molecule has 0 aromatic carbocycles. The highest BCUT2D eigenvalue weighted by Gasteiger charge is 2.26. The highest BCUT2D eigenvalue weighted by atomic mass is 16.2. The first-order valence-corrected chi connectivity index (χ1v) is 9.89. The summed E-state index contributed by atoms with van der Waals surface area (Å²) in [5.74, 6) is 1.48. The third-order valence-electron chi connectivity index (χ3n) is 5.14. The standard InChI is InChI=1S/C20H21N9O2/c1-21-16-10-15(26-18-13(11-23-29(16)18)19(30)24-12-5-6-12)25-14-4-3-9-28(20(14)31)17-7-8-22-27(17)2/h3-4,7-12,21H,5-6H2,1-2H3,(H,24,30)(H,25,26). The number of nitrogens with one attached hydrogen (secondary N) is 3. The number of aromatic nitrogens is 6. The molecule has 0 atom stereocenters. The first-order chi connectivity index (χ1) is 15.0. The zero-order valence-corrected chi connectivity index (χ0v) is 17.0. The SMILES string of the molecule is CNc1cc(Nc2cccn(-c3ccnn3C)c2=O)nc2c(C(=O)NC3CC3)cnn12. The maximum absolute atomic E-state index is 13.0. The van der Waals surface area contributed by atoms with Crippen molar-refractivity contribution in [2.24, 2.45) is 7.05 Å². The highest BCUT2D eigenvalue weighted by molar-refractivity contribution is 6.00. The first-order valence-electron chi connectivity index (χ1n) is 9.89. The predicted octanol–water partition coefficient (Wildman–Crippen LogP) is 1.29. The molecule has 0 bridgehead atoms. The van der Waals surface area contributed by atoms with Crippen LogP contribution < -0.4 is 21.5 Å². The Kier molecular flexibility index (Phi) is 4.42. The van der Waals surface area contributed by atoms with Gasteiger partial charge >= 0.3 is 0 Å². The third kappa shape index (κ3) is 3.39. The molecule has 1 aliphatic rings. The molecule has 1 saturated carbocycles. The van der Waals surface area contributed by atoms with Crippen LogP contribution in [0.2, 0.25) is 0 Å². The molecule has 3 N–H and O–H groups in total. The van der Waals surface area contributed by atoms with Gasteiger partial charge in [0.25, 0.3) is 11.5 Å². The van der Waals surface area contributed by atoms with Gasteiger partial charge in [0.05, 0.1) is 12.4 Å². The Balaban J connectivity index is 1.54. The summed E-state index contributed by atoms with van der Waals surface area (Å²) in [7, 11) is 3.52. The molecular weight excluding hydrogens is 398 g/mol. The van der Waals surface area contributed by atoms with Gasteiger partial charge in [0, 0.05) is 38.5 Å². The Labute approximate surface area is 176 Å². The van der Waals surface area contributed by atoms with Gasteiger partial charge in [-0.25, -0.2) is 4.98 Å². The molecule has 0 aliphatic heterocycles. The van der Waals surface area contributed by atoms with Crippen LogP contribution in [-0.4, -0.2) is 47.9 Å². The summed E-state index contributed by atoms with van der Waals surface area (Å²) in [6, 6.07) is 7.15.